The predicted octanol–water partition coefficient (Wildman–Crippen LogP) is 1.32. The van der Waals surface area contributed by atoms with Gasteiger partial charge in [0.2, 0.25) is 10.0 Å². The van der Waals surface area contributed by atoms with Gasteiger partial charge in [-0.25, -0.2) is 13.1 Å². The van der Waals surface area contributed by atoms with Crippen LogP contribution in [0.3, 0.4) is 0 Å². The summed E-state index contributed by atoms with van der Waals surface area (Å²) in [6.07, 6.45) is 2.06. The molecular formula is C11H15N3O4S. The molecule has 2 N–H and O–H groups in total. The highest BCUT2D eigenvalue weighted by Gasteiger charge is 2.25. The molecule has 0 heterocycles. The summed E-state index contributed by atoms with van der Waals surface area (Å²) in [5, 5.41) is 13.5. The normalized spacial score (nSPS) is 15.2. The Bertz CT molecular complexity index is 596. The van der Waals surface area contributed by atoms with E-state index in [0.717, 1.165) is 18.9 Å². The number of rotatable bonds is 6. The largest absolute Gasteiger partial charge is 0.383 e. The second-order valence-corrected chi connectivity index (χ2v) is 6.25. The highest BCUT2D eigenvalue weighted by Crippen LogP contribution is 2.29. The molecule has 0 amide bonds. The third-order valence-corrected chi connectivity index (χ3v) is 4.43. The third-order valence-electron chi connectivity index (χ3n) is 3.00. The number of nitro groups is 1. The Morgan fingerprint density at radius 3 is 2.63 bits per heavy atom. The highest BCUT2D eigenvalue weighted by atomic mass is 32.2. The number of benzene rings is 1. The lowest BCUT2D eigenvalue weighted by atomic mass is 10.3. The fraction of sp³-hybridized carbons (Fsp3) is 0.455. The summed E-state index contributed by atoms with van der Waals surface area (Å²) >= 11 is 0. The lowest BCUT2D eigenvalue weighted by molar-refractivity contribution is -0.384. The molecule has 0 spiro atoms. The minimum atomic E-state index is -3.68. The maximum absolute atomic E-state index is 12.0. The van der Waals surface area contributed by atoms with Gasteiger partial charge in [0.05, 0.1) is 9.82 Å². The van der Waals surface area contributed by atoms with E-state index in [2.05, 4.69) is 10.0 Å². The van der Waals surface area contributed by atoms with Gasteiger partial charge in [0, 0.05) is 19.7 Å². The summed E-state index contributed by atoms with van der Waals surface area (Å²) in [5.74, 6) is 0.404. The van der Waals surface area contributed by atoms with Gasteiger partial charge in [-0.3, -0.25) is 10.1 Å². The third kappa shape index (κ3) is 3.21. The van der Waals surface area contributed by atoms with Crippen LogP contribution in [0.5, 0.6) is 0 Å². The summed E-state index contributed by atoms with van der Waals surface area (Å²) in [6, 6.07) is 3.82. The minimum absolute atomic E-state index is 0.0844. The zero-order valence-corrected chi connectivity index (χ0v) is 11.2. The van der Waals surface area contributed by atoms with Crippen LogP contribution in [0.1, 0.15) is 12.8 Å². The number of nitrogens with zero attached hydrogens (tertiary/aromatic N) is 1. The fourth-order valence-corrected chi connectivity index (χ4v) is 2.81. The van der Waals surface area contributed by atoms with E-state index in [1.54, 1.807) is 7.05 Å². The molecule has 1 fully saturated rings. The average Bonchev–Trinajstić information content (AvgIpc) is 3.19. The molecule has 1 aromatic carbocycles. The fourth-order valence-electron chi connectivity index (χ4n) is 1.67. The Hall–Kier alpha value is -1.67. The van der Waals surface area contributed by atoms with Crippen molar-refractivity contribution in [2.45, 2.75) is 17.7 Å². The quantitative estimate of drug-likeness (QED) is 0.606. The molecule has 1 saturated carbocycles. The lowest BCUT2D eigenvalue weighted by Crippen LogP contribution is -2.25. The highest BCUT2D eigenvalue weighted by molar-refractivity contribution is 7.89. The first-order chi connectivity index (χ1) is 8.94. The standard InChI is InChI=1S/C11H15N3O4S/c1-12-10-5-4-9(6-11(10)14(15)16)19(17,18)13-7-8-2-3-8/h4-6,8,12-13H,2-3,7H2,1H3. The van der Waals surface area contributed by atoms with Crippen LogP contribution in [0.25, 0.3) is 0 Å². The number of nitro benzene ring substituents is 1. The molecule has 0 radical (unpaired) electrons. The Morgan fingerprint density at radius 2 is 2.11 bits per heavy atom. The zero-order valence-electron chi connectivity index (χ0n) is 10.4. The van der Waals surface area contributed by atoms with Gasteiger partial charge in [0.25, 0.3) is 5.69 Å². The van der Waals surface area contributed by atoms with Gasteiger partial charge in [0.1, 0.15) is 5.69 Å². The number of hydrogen-bond donors (Lipinski definition) is 2. The number of sulfonamides is 1. The molecule has 0 saturated heterocycles. The van der Waals surface area contributed by atoms with E-state index in [1.165, 1.54) is 12.1 Å². The Morgan fingerprint density at radius 1 is 1.42 bits per heavy atom. The summed E-state index contributed by atoms with van der Waals surface area (Å²) in [5.41, 5.74) is 0.0305. The molecule has 7 nitrogen and oxygen atoms in total. The molecule has 0 aliphatic heterocycles. The van der Waals surface area contributed by atoms with Gasteiger partial charge >= 0.3 is 0 Å². The molecule has 1 aromatic rings. The van der Waals surface area contributed by atoms with Crippen molar-refractivity contribution >= 4 is 21.4 Å². The Kier molecular flexibility index (Phi) is 3.72. The van der Waals surface area contributed by atoms with Gasteiger partial charge in [-0.05, 0) is 30.9 Å². The predicted molar refractivity (Wildman–Crippen MR) is 70.6 cm³/mol. The molecule has 2 rings (SSSR count). The molecular weight excluding hydrogens is 270 g/mol. The maximum atomic E-state index is 12.0. The first-order valence-electron chi connectivity index (χ1n) is 5.90. The molecule has 104 valence electrons. The van der Waals surface area contributed by atoms with Crippen LogP contribution in [-0.4, -0.2) is 26.9 Å². The number of anilines is 1. The Labute approximate surface area is 111 Å². The first kappa shape index (κ1) is 13.8. The second-order valence-electron chi connectivity index (χ2n) is 4.48. The second kappa shape index (κ2) is 5.14. The monoisotopic (exact) mass is 285 g/mol. The van der Waals surface area contributed by atoms with Crippen molar-refractivity contribution in [3.8, 4) is 0 Å². The molecule has 1 aliphatic rings. The van der Waals surface area contributed by atoms with Crippen LogP contribution in [0, 0.1) is 16.0 Å². The molecule has 0 bridgehead atoms. The van der Waals surface area contributed by atoms with Gasteiger partial charge in [-0.2, -0.15) is 0 Å². The van der Waals surface area contributed by atoms with Crippen molar-refractivity contribution in [1.29, 1.82) is 0 Å². The minimum Gasteiger partial charge on any atom is -0.383 e. The van der Waals surface area contributed by atoms with Crippen LogP contribution in [-0.2, 0) is 10.0 Å². The number of nitrogens with one attached hydrogen (secondary N) is 2. The Balaban J connectivity index is 2.28. The smallest absolute Gasteiger partial charge is 0.293 e. The lowest BCUT2D eigenvalue weighted by Gasteiger charge is -2.07. The van der Waals surface area contributed by atoms with E-state index in [1.807, 2.05) is 0 Å². The van der Waals surface area contributed by atoms with Crippen molar-refractivity contribution < 1.29 is 13.3 Å². The van der Waals surface area contributed by atoms with E-state index in [0.29, 0.717) is 12.5 Å². The van der Waals surface area contributed by atoms with Gasteiger partial charge in [0.15, 0.2) is 0 Å². The van der Waals surface area contributed by atoms with E-state index in [4.69, 9.17) is 0 Å². The summed E-state index contributed by atoms with van der Waals surface area (Å²) in [7, 11) is -2.14. The van der Waals surface area contributed by atoms with Crippen LogP contribution >= 0.6 is 0 Å². The summed E-state index contributed by atoms with van der Waals surface area (Å²) in [6.45, 7) is 0.393. The summed E-state index contributed by atoms with van der Waals surface area (Å²) < 4.78 is 26.4. The van der Waals surface area contributed by atoms with Crippen molar-refractivity contribution in [1.82, 2.24) is 4.72 Å². The molecule has 0 unspecified atom stereocenters. The van der Waals surface area contributed by atoms with E-state index < -0.39 is 14.9 Å². The van der Waals surface area contributed by atoms with Gasteiger partial charge in [-0.1, -0.05) is 0 Å². The van der Waals surface area contributed by atoms with Gasteiger partial charge in [-0.15, -0.1) is 0 Å². The van der Waals surface area contributed by atoms with Crippen molar-refractivity contribution in [2.24, 2.45) is 5.92 Å². The average molecular weight is 285 g/mol. The van der Waals surface area contributed by atoms with Crippen LogP contribution in [0.4, 0.5) is 11.4 Å². The molecule has 1 aliphatic carbocycles. The van der Waals surface area contributed by atoms with E-state index >= 15 is 0 Å². The van der Waals surface area contributed by atoms with Crippen LogP contribution in [0.2, 0.25) is 0 Å². The first-order valence-corrected chi connectivity index (χ1v) is 7.38. The molecule has 8 heteroatoms. The van der Waals surface area contributed by atoms with Crippen molar-refractivity contribution in [2.75, 3.05) is 18.9 Å². The topological polar surface area (TPSA) is 101 Å². The molecule has 0 aromatic heterocycles. The van der Waals surface area contributed by atoms with Crippen molar-refractivity contribution in [3.63, 3.8) is 0 Å². The van der Waals surface area contributed by atoms with E-state index in [9.17, 15) is 18.5 Å². The zero-order chi connectivity index (χ0) is 14.0. The van der Waals surface area contributed by atoms with Crippen LogP contribution < -0.4 is 10.0 Å². The van der Waals surface area contributed by atoms with E-state index in [-0.39, 0.29) is 16.3 Å². The summed E-state index contributed by atoms with van der Waals surface area (Å²) in [4.78, 5) is 10.2. The maximum Gasteiger partial charge on any atom is 0.293 e. The SMILES string of the molecule is CNc1ccc(S(=O)(=O)NCC2CC2)cc1[N+](=O)[O-]. The van der Waals surface area contributed by atoms with Crippen LogP contribution in [0.15, 0.2) is 23.1 Å². The number of hydrogen-bond acceptors (Lipinski definition) is 5. The van der Waals surface area contributed by atoms with Crippen molar-refractivity contribution in [3.05, 3.63) is 28.3 Å². The van der Waals surface area contributed by atoms with Gasteiger partial charge < -0.3 is 5.32 Å². The molecule has 0 atom stereocenters. The molecule has 19 heavy (non-hydrogen) atoms.